The molecule has 2 atom stereocenters. The van der Waals surface area contributed by atoms with E-state index in [0.29, 0.717) is 13.0 Å². The van der Waals surface area contributed by atoms with Crippen LogP contribution in [0.3, 0.4) is 0 Å². The number of nitrogens with two attached hydrogens (primary N) is 1. The summed E-state index contributed by atoms with van der Waals surface area (Å²) >= 11 is 0. The van der Waals surface area contributed by atoms with E-state index in [1.54, 1.807) is 7.11 Å². The first kappa shape index (κ1) is 11.5. The first-order valence-corrected chi connectivity index (χ1v) is 5.18. The van der Waals surface area contributed by atoms with Crippen LogP contribution in [0.5, 0.6) is 0 Å². The van der Waals surface area contributed by atoms with E-state index >= 15 is 0 Å². The van der Waals surface area contributed by atoms with Crippen molar-refractivity contribution < 1.29 is 14.3 Å². The van der Waals surface area contributed by atoms with E-state index in [0.717, 1.165) is 25.7 Å². The largest absolute Gasteiger partial charge is 0.462 e. The minimum atomic E-state index is -0.186. The van der Waals surface area contributed by atoms with Gasteiger partial charge in [-0.25, -0.2) is 0 Å². The van der Waals surface area contributed by atoms with Crippen molar-refractivity contribution in [1.29, 1.82) is 0 Å². The highest BCUT2D eigenvalue weighted by atomic mass is 16.5. The third-order valence-corrected chi connectivity index (χ3v) is 2.56. The number of carbonyl (C=O) groups excluding carboxylic acids is 1. The van der Waals surface area contributed by atoms with Gasteiger partial charge in [0, 0.05) is 20.1 Å². The lowest BCUT2D eigenvalue weighted by Gasteiger charge is -2.27. The summed E-state index contributed by atoms with van der Waals surface area (Å²) in [6.07, 6.45) is 4.52. The van der Waals surface area contributed by atoms with E-state index in [4.69, 9.17) is 15.2 Å². The van der Waals surface area contributed by atoms with Crippen LogP contribution in [0.1, 0.15) is 32.1 Å². The molecule has 2 unspecified atom stereocenters. The van der Waals surface area contributed by atoms with Crippen molar-refractivity contribution in [2.45, 2.75) is 44.3 Å². The second-order valence-corrected chi connectivity index (χ2v) is 3.67. The third kappa shape index (κ3) is 3.64. The van der Waals surface area contributed by atoms with Crippen molar-refractivity contribution in [3.63, 3.8) is 0 Å². The number of hydrogen-bond donors (Lipinski definition) is 1. The molecule has 0 saturated heterocycles. The summed E-state index contributed by atoms with van der Waals surface area (Å²) in [6.45, 7) is 0.360. The maximum atomic E-state index is 11.2. The summed E-state index contributed by atoms with van der Waals surface area (Å²) in [7, 11) is 1.70. The lowest BCUT2D eigenvalue weighted by molar-refractivity contribution is -0.152. The van der Waals surface area contributed by atoms with Gasteiger partial charge < -0.3 is 15.2 Å². The molecule has 1 fully saturated rings. The fourth-order valence-corrected chi connectivity index (χ4v) is 1.79. The van der Waals surface area contributed by atoms with E-state index in [2.05, 4.69) is 0 Å². The predicted molar refractivity (Wildman–Crippen MR) is 52.8 cm³/mol. The highest BCUT2D eigenvalue weighted by molar-refractivity contribution is 5.69. The van der Waals surface area contributed by atoms with Crippen LogP contribution in [0.4, 0.5) is 0 Å². The summed E-state index contributed by atoms with van der Waals surface area (Å²) in [4.78, 5) is 11.2. The molecule has 4 nitrogen and oxygen atoms in total. The van der Waals surface area contributed by atoms with Crippen LogP contribution < -0.4 is 5.73 Å². The van der Waals surface area contributed by atoms with E-state index in [1.165, 1.54) is 0 Å². The molecule has 0 aromatic heterocycles. The normalized spacial score (nSPS) is 27.3. The molecule has 0 aromatic carbocycles. The van der Waals surface area contributed by atoms with Gasteiger partial charge in [0.15, 0.2) is 0 Å². The lowest BCUT2D eigenvalue weighted by Crippen LogP contribution is -2.29. The highest BCUT2D eigenvalue weighted by Gasteiger charge is 2.24. The molecule has 0 aromatic rings. The lowest BCUT2D eigenvalue weighted by atomic mass is 9.95. The van der Waals surface area contributed by atoms with Crippen LogP contribution in [-0.2, 0) is 14.3 Å². The summed E-state index contributed by atoms with van der Waals surface area (Å²) in [6, 6.07) is 0. The molecule has 1 aliphatic rings. The summed E-state index contributed by atoms with van der Waals surface area (Å²) in [5.41, 5.74) is 5.26. The Hall–Kier alpha value is -0.610. The Morgan fingerprint density at radius 3 is 2.79 bits per heavy atom. The van der Waals surface area contributed by atoms with Gasteiger partial charge in [-0.1, -0.05) is 0 Å². The van der Waals surface area contributed by atoms with Gasteiger partial charge >= 0.3 is 5.97 Å². The fraction of sp³-hybridized carbons (Fsp3) is 0.900. The van der Waals surface area contributed by atoms with Crippen molar-refractivity contribution >= 4 is 5.97 Å². The van der Waals surface area contributed by atoms with Crippen LogP contribution in [-0.4, -0.2) is 31.8 Å². The van der Waals surface area contributed by atoms with Gasteiger partial charge in [0.25, 0.3) is 0 Å². The molecule has 0 radical (unpaired) electrons. The number of rotatable bonds is 4. The first-order valence-electron chi connectivity index (χ1n) is 5.18. The van der Waals surface area contributed by atoms with Crippen molar-refractivity contribution in [3.05, 3.63) is 0 Å². The van der Waals surface area contributed by atoms with E-state index in [-0.39, 0.29) is 18.2 Å². The minimum absolute atomic E-state index is 0.0350. The molecule has 0 bridgehead atoms. The monoisotopic (exact) mass is 201 g/mol. The van der Waals surface area contributed by atoms with Gasteiger partial charge in [0.1, 0.15) is 6.10 Å². The van der Waals surface area contributed by atoms with Crippen LogP contribution in [0.15, 0.2) is 0 Å². The van der Waals surface area contributed by atoms with Gasteiger partial charge in [-0.05, 0) is 19.3 Å². The van der Waals surface area contributed by atoms with Crippen LogP contribution in [0.25, 0.3) is 0 Å². The number of carbonyl (C=O) groups is 1. The fourth-order valence-electron chi connectivity index (χ4n) is 1.79. The summed E-state index contributed by atoms with van der Waals surface area (Å²) in [5.74, 6) is -0.186. The highest BCUT2D eigenvalue weighted by Crippen LogP contribution is 2.23. The molecule has 0 heterocycles. The Morgan fingerprint density at radius 1 is 1.43 bits per heavy atom. The zero-order valence-electron chi connectivity index (χ0n) is 8.70. The second kappa shape index (κ2) is 5.98. The van der Waals surface area contributed by atoms with Crippen molar-refractivity contribution in [2.24, 2.45) is 5.73 Å². The quantitative estimate of drug-likeness (QED) is 0.684. The topological polar surface area (TPSA) is 61.5 Å². The van der Waals surface area contributed by atoms with Crippen molar-refractivity contribution in [1.82, 2.24) is 0 Å². The number of methoxy groups -OCH3 is 1. The standard InChI is InChI=1S/C10H19NO3/c1-13-8-3-2-4-9(7-8)14-10(12)5-6-11/h8-9H,2-7,11H2,1H3. The molecular formula is C10H19NO3. The average Bonchev–Trinajstić information content (AvgIpc) is 2.18. The first-order chi connectivity index (χ1) is 6.76. The Balaban J connectivity index is 2.26. The van der Waals surface area contributed by atoms with Crippen LogP contribution >= 0.6 is 0 Å². The molecule has 0 spiro atoms. The Morgan fingerprint density at radius 2 is 2.14 bits per heavy atom. The molecule has 14 heavy (non-hydrogen) atoms. The van der Waals surface area contributed by atoms with Gasteiger partial charge in [0.05, 0.1) is 12.5 Å². The van der Waals surface area contributed by atoms with E-state index < -0.39 is 0 Å². The summed E-state index contributed by atoms with van der Waals surface area (Å²) in [5, 5.41) is 0. The Bertz CT molecular complexity index is 184. The van der Waals surface area contributed by atoms with Crippen LogP contribution in [0.2, 0.25) is 0 Å². The molecule has 0 aliphatic heterocycles. The molecule has 0 amide bonds. The zero-order chi connectivity index (χ0) is 10.4. The maximum absolute atomic E-state index is 11.2. The smallest absolute Gasteiger partial charge is 0.307 e. The molecule has 82 valence electrons. The third-order valence-electron chi connectivity index (χ3n) is 2.56. The zero-order valence-corrected chi connectivity index (χ0v) is 8.70. The van der Waals surface area contributed by atoms with E-state index in [1.807, 2.05) is 0 Å². The second-order valence-electron chi connectivity index (χ2n) is 3.67. The van der Waals surface area contributed by atoms with Crippen molar-refractivity contribution in [2.75, 3.05) is 13.7 Å². The van der Waals surface area contributed by atoms with Crippen molar-refractivity contribution in [3.8, 4) is 0 Å². The van der Waals surface area contributed by atoms with E-state index in [9.17, 15) is 4.79 Å². The molecular weight excluding hydrogens is 182 g/mol. The predicted octanol–water partition coefficient (Wildman–Crippen LogP) is 0.836. The summed E-state index contributed by atoms with van der Waals surface area (Å²) < 4.78 is 10.5. The molecule has 4 heteroatoms. The van der Waals surface area contributed by atoms with Crippen LogP contribution in [0, 0.1) is 0 Å². The van der Waals surface area contributed by atoms with Gasteiger partial charge in [0.2, 0.25) is 0 Å². The molecule has 1 aliphatic carbocycles. The molecule has 2 N–H and O–H groups in total. The number of hydrogen-bond acceptors (Lipinski definition) is 4. The van der Waals surface area contributed by atoms with Gasteiger partial charge in [-0.3, -0.25) is 4.79 Å². The van der Waals surface area contributed by atoms with Gasteiger partial charge in [-0.2, -0.15) is 0 Å². The Kier molecular flexibility index (Phi) is 4.90. The Labute approximate surface area is 84.7 Å². The minimum Gasteiger partial charge on any atom is -0.462 e. The molecule has 1 saturated carbocycles. The van der Waals surface area contributed by atoms with Gasteiger partial charge in [-0.15, -0.1) is 0 Å². The average molecular weight is 201 g/mol. The molecule has 1 rings (SSSR count). The SMILES string of the molecule is COC1CCCC(OC(=O)CCN)C1. The number of esters is 1. The number of ether oxygens (including phenoxy) is 2. The maximum Gasteiger partial charge on any atom is 0.307 e.